The van der Waals surface area contributed by atoms with E-state index in [1.165, 1.54) is 25.8 Å². The molecule has 2 saturated heterocycles. The van der Waals surface area contributed by atoms with Gasteiger partial charge in [0.25, 0.3) is 0 Å². The van der Waals surface area contributed by atoms with Gasteiger partial charge in [0.1, 0.15) is 5.15 Å². The van der Waals surface area contributed by atoms with Crippen LogP contribution in [0.3, 0.4) is 0 Å². The Hall–Kier alpha value is -0.0300. The molecule has 0 saturated carbocycles. The fourth-order valence-corrected chi connectivity index (χ4v) is 4.87. The lowest BCUT2D eigenvalue weighted by Crippen LogP contribution is -2.52. The summed E-state index contributed by atoms with van der Waals surface area (Å²) in [5, 5.41) is 1.63. The molecule has 2 unspecified atom stereocenters. The van der Waals surface area contributed by atoms with Crippen LogP contribution in [0, 0.1) is 5.92 Å². The zero-order valence-electron chi connectivity index (χ0n) is 11.1. The van der Waals surface area contributed by atoms with Crippen molar-refractivity contribution in [1.82, 2.24) is 9.88 Å². The normalized spacial score (nSPS) is 28.5. The van der Waals surface area contributed by atoms with Crippen LogP contribution in [-0.2, 0) is 5.88 Å². The molecule has 1 aromatic rings. The molecule has 0 N–H and O–H groups in total. The van der Waals surface area contributed by atoms with Crippen molar-refractivity contribution in [2.24, 2.45) is 5.92 Å². The summed E-state index contributed by atoms with van der Waals surface area (Å²) in [7, 11) is 2.26. The third-order valence-corrected chi connectivity index (χ3v) is 6.34. The third kappa shape index (κ3) is 2.73. The van der Waals surface area contributed by atoms with Crippen LogP contribution in [0.1, 0.15) is 24.1 Å². The number of halogens is 2. The number of hydrogen-bond donors (Lipinski definition) is 0. The van der Waals surface area contributed by atoms with Crippen LogP contribution in [0.15, 0.2) is 0 Å². The van der Waals surface area contributed by atoms with Crippen LogP contribution in [0.2, 0.25) is 5.15 Å². The Morgan fingerprint density at radius 3 is 2.95 bits per heavy atom. The van der Waals surface area contributed by atoms with Gasteiger partial charge in [0.15, 0.2) is 5.13 Å². The summed E-state index contributed by atoms with van der Waals surface area (Å²) in [4.78, 5) is 10.4. The summed E-state index contributed by atoms with van der Waals surface area (Å²) in [5.41, 5.74) is 0. The molecule has 0 spiro atoms. The lowest BCUT2D eigenvalue weighted by molar-refractivity contribution is 0.102. The van der Waals surface area contributed by atoms with Gasteiger partial charge in [-0.2, -0.15) is 0 Å². The lowest BCUT2D eigenvalue weighted by atomic mass is 9.84. The van der Waals surface area contributed by atoms with E-state index in [-0.39, 0.29) is 0 Å². The fraction of sp³-hybridized carbons (Fsp3) is 0.769. The minimum Gasteiger partial charge on any atom is -0.348 e. The zero-order valence-corrected chi connectivity index (χ0v) is 13.4. The first kappa shape index (κ1) is 13.9. The molecule has 106 valence electrons. The Labute approximate surface area is 128 Å². The summed E-state index contributed by atoms with van der Waals surface area (Å²) in [6.07, 6.45) is 3.89. The van der Waals surface area contributed by atoms with E-state index >= 15 is 0 Å². The molecule has 2 atom stereocenters. The molecule has 6 heteroatoms. The number of anilines is 1. The molecule has 3 rings (SSSR count). The molecule has 2 aliphatic heterocycles. The number of piperidine rings is 2. The van der Waals surface area contributed by atoms with Crippen LogP contribution >= 0.6 is 34.5 Å². The van der Waals surface area contributed by atoms with Gasteiger partial charge >= 0.3 is 0 Å². The van der Waals surface area contributed by atoms with Crippen molar-refractivity contribution in [2.75, 3.05) is 31.6 Å². The van der Waals surface area contributed by atoms with Crippen molar-refractivity contribution in [3.8, 4) is 0 Å². The Morgan fingerprint density at radius 2 is 2.21 bits per heavy atom. The number of hydrogen-bond acceptors (Lipinski definition) is 4. The lowest BCUT2D eigenvalue weighted by Gasteiger charge is -2.45. The molecule has 2 aliphatic rings. The minimum atomic E-state index is 0.457. The van der Waals surface area contributed by atoms with E-state index in [2.05, 4.69) is 21.8 Å². The van der Waals surface area contributed by atoms with Crippen molar-refractivity contribution >= 4 is 39.7 Å². The van der Waals surface area contributed by atoms with E-state index in [9.17, 15) is 0 Å². The number of fused-ring (bicyclic) bond motifs is 1. The van der Waals surface area contributed by atoms with Gasteiger partial charge in [-0.1, -0.05) is 22.9 Å². The third-order valence-electron chi connectivity index (χ3n) is 4.38. The van der Waals surface area contributed by atoms with E-state index in [4.69, 9.17) is 23.2 Å². The average molecular weight is 320 g/mol. The molecular formula is C13H19Cl2N3S. The number of nitrogens with zero attached hydrogens (tertiary/aromatic N) is 3. The predicted molar refractivity (Wildman–Crippen MR) is 82.7 cm³/mol. The fourth-order valence-electron chi connectivity index (χ4n) is 3.37. The molecule has 1 aromatic heterocycles. The van der Waals surface area contributed by atoms with Crippen molar-refractivity contribution in [3.05, 3.63) is 10.0 Å². The van der Waals surface area contributed by atoms with E-state index in [0.29, 0.717) is 11.0 Å². The minimum absolute atomic E-state index is 0.457. The quantitative estimate of drug-likeness (QED) is 0.778. The molecule has 0 amide bonds. The largest absolute Gasteiger partial charge is 0.348 e. The number of aromatic nitrogens is 1. The first-order valence-electron chi connectivity index (χ1n) is 6.85. The van der Waals surface area contributed by atoms with Gasteiger partial charge < -0.3 is 9.80 Å². The molecular weight excluding hydrogens is 301 g/mol. The van der Waals surface area contributed by atoms with Crippen LogP contribution in [-0.4, -0.2) is 42.6 Å². The molecule has 0 bridgehead atoms. The van der Waals surface area contributed by atoms with E-state index in [1.54, 1.807) is 11.3 Å². The molecule has 19 heavy (non-hydrogen) atoms. The van der Waals surface area contributed by atoms with Crippen molar-refractivity contribution in [1.29, 1.82) is 0 Å². The number of likely N-dealkylation sites (tertiary alicyclic amines) is 1. The molecule has 0 aliphatic carbocycles. The number of alkyl halides is 1. The first-order chi connectivity index (χ1) is 9.19. The van der Waals surface area contributed by atoms with Crippen molar-refractivity contribution < 1.29 is 0 Å². The van der Waals surface area contributed by atoms with E-state index < -0.39 is 0 Å². The Kier molecular flexibility index (Phi) is 4.22. The number of rotatable bonds is 2. The maximum Gasteiger partial charge on any atom is 0.187 e. The Bertz CT molecular complexity index is 451. The van der Waals surface area contributed by atoms with Gasteiger partial charge in [-0.05, 0) is 38.8 Å². The number of thiazole rings is 1. The van der Waals surface area contributed by atoms with Crippen molar-refractivity contribution in [2.45, 2.75) is 31.2 Å². The average Bonchev–Trinajstić information content (AvgIpc) is 2.80. The van der Waals surface area contributed by atoms with Gasteiger partial charge in [-0.25, -0.2) is 4.98 Å². The highest BCUT2D eigenvalue weighted by Gasteiger charge is 2.35. The maximum absolute atomic E-state index is 6.10. The smallest absolute Gasteiger partial charge is 0.187 e. The van der Waals surface area contributed by atoms with Crippen molar-refractivity contribution in [3.63, 3.8) is 0 Å². The van der Waals surface area contributed by atoms with Gasteiger partial charge in [-0.3, -0.25) is 0 Å². The first-order valence-corrected chi connectivity index (χ1v) is 8.58. The highest BCUT2D eigenvalue weighted by atomic mass is 35.5. The summed E-state index contributed by atoms with van der Waals surface area (Å²) >= 11 is 13.6. The summed E-state index contributed by atoms with van der Waals surface area (Å²) in [5.74, 6) is 1.23. The van der Waals surface area contributed by atoms with E-state index in [1.807, 2.05) is 0 Å². The second-order valence-electron chi connectivity index (χ2n) is 5.53. The highest BCUT2D eigenvalue weighted by Crippen LogP contribution is 2.36. The maximum atomic E-state index is 6.10. The molecule has 0 aromatic carbocycles. The topological polar surface area (TPSA) is 19.4 Å². The van der Waals surface area contributed by atoms with Crippen LogP contribution in [0.4, 0.5) is 5.13 Å². The summed E-state index contributed by atoms with van der Waals surface area (Å²) < 4.78 is 0. The molecule has 3 nitrogen and oxygen atoms in total. The zero-order chi connectivity index (χ0) is 13.4. The summed E-state index contributed by atoms with van der Waals surface area (Å²) in [6, 6.07) is 0.757. The standard InChI is InChI=1S/C13H19Cl2N3S/c1-17-5-2-3-9-8-18(6-4-10(9)17)13-16-12(15)11(7-14)19-13/h9-10H,2-8H2,1H3. The predicted octanol–water partition coefficient (Wildman–Crippen LogP) is 3.46. The molecule has 3 heterocycles. The Balaban J connectivity index is 1.73. The van der Waals surface area contributed by atoms with Gasteiger partial charge in [-0.15, -0.1) is 11.6 Å². The highest BCUT2D eigenvalue weighted by molar-refractivity contribution is 7.16. The molecule has 0 radical (unpaired) electrons. The van der Waals surface area contributed by atoms with Crippen LogP contribution in [0.25, 0.3) is 0 Å². The molecule has 2 fully saturated rings. The second kappa shape index (κ2) is 5.76. The van der Waals surface area contributed by atoms with Gasteiger partial charge in [0.2, 0.25) is 0 Å². The summed E-state index contributed by atoms with van der Waals surface area (Å²) in [6.45, 7) is 3.44. The van der Waals surface area contributed by atoms with Gasteiger partial charge in [0, 0.05) is 19.1 Å². The van der Waals surface area contributed by atoms with Gasteiger partial charge in [0.05, 0.1) is 10.8 Å². The van der Waals surface area contributed by atoms with E-state index in [0.717, 1.165) is 35.1 Å². The van der Waals surface area contributed by atoms with Crippen LogP contribution in [0.5, 0.6) is 0 Å². The monoisotopic (exact) mass is 319 g/mol. The Morgan fingerprint density at radius 1 is 1.37 bits per heavy atom. The SMILES string of the molecule is CN1CCCC2CN(c3nc(Cl)c(CCl)s3)CCC21. The second-order valence-corrected chi connectivity index (χ2v) is 7.22. The van der Waals surface area contributed by atoms with Crippen LogP contribution < -0.4 is 4.90 Å².